The van der Waals surface area contributed by atoms with Crippen LogP contribution in [0.25, 0.3) is 0 Å². The molecule has 0 spiro atoms. The van der Waals surface area contributed by atoms with E-state index in [4.69, 9.17) is 4.74 Å². The number of hydrogen-bond acceptors (Lipinski definition) is 2. The summed E-state index contributed by atoms with van der Waals surface area (Å²) < 4.78 is 5.16. The average molecular weight is 200 g/mol. The van der Waals surface area contributed by atoms with Gasteiger partial charge in [0.2, 0.25) is 0 Å². The summed E-state index contributed by atoms with van der Waals surface area (Å²) >= 11 is 0. The van der Waals surface area contributed by atoms with E-state index in [1.54, 1.807) is 0 Å². The van der Waals surface area contributed by atoms with E-state index in [0.717, 1.165) is 32.1 Å². The summed E-state index contributed by atoms with van der Waals surface area (Å²) in [5.74, 6) is 0.0612. The highest BCUT2D eigenvalue weighted by Gasteiger charge is 2.12. The van der Waals surface area contributed by atoms with Gasteiger partial charge in [-0.2, -0.15) is 0 Å². The van der Waals surface area contributed by atoms with Crippen LogP contribution in [-0.2, 0) is 9.53 Å². The summed E-state index contributed by atoms with van der Waals surface area (Å²) in [5.41, 5.74) is 0. The molecule has 1 unspecified atom stereocenters. The summed E-state index contributed by atoms with van der Waals surface area (Å²) in [6, 6.07) is 0. The smallest absolute Gasteiger partial charge is 0.308 e. The van der Waals surface area contributed by atoms with Crippen LogP contribution in [-0.4, -0.2) is 12.6 Å². The summed E-state index contributed by atoms with van der Waals surface area (Å²) in [5, 5.41) is 0. The van der Waals surface area contributed by atoms with Crippen LogP contribution in [0.1, 0.15) is 59.3 Å². The maximum Gasteiger partial charge on any atom is 0.308 e. The van der Waals surface area contributed by atoms with E-state index in [2.05, 4.69) is 13.8 Å². The van der Waals surface area contributed by atoms with Crippen molar-refractivity contribution in [1.29, 1.82) is 0 Å². The van der Waals surface area contributed by atoms with Crippen molar-refractivity contribution in [2.24, 2.45) is 5.92 Å². The Balaban J connectivity index is 3.42. The van der Waals surface area contributed by atoms with Gasteiger partial charge >= 0.3 is 5.97 Å². The third-order valence-corrected chi connectivity index (χ3v) is 2.39. The van der Waals surface area contributed by atoms with Crippen LogP contribution < -0.4 is 0 Å². The Hall–Kier alpha value is -0.530. The monoisotopic (exact) mass is 200 g/mol. The topological polar surface area (TPSA) is 26.3 Å². The highest BCUT2D eigenvalue weighted by atomic mass is 16.5. The van der Waals surface area contributed by atoms with Crippen molar-refractivity contribution in [1.82, 2.24) is 0 Å². The molecule has 14 heavy (non-hydrogen) atoms. The van der Waals surface area contributed by atoms with Crippen LogP contribution >= 0.6 is 0 Å². The first-order chi connectivity index (χ1) is 6.72. The SMILES string of the molecule is CCCCCOC(=O)C(C)CCCC. The first kappa shape index (κ1) is 13.5. The minimum Gasteiger partial charge on any atom is -0.465 e. The highest BCUT2D eigenvalue weighted by molar-refractivity contribution is 5.71. The van der Waals surface area contributed by atoms with Gasteiger partial charge in [-0.25, -0.2) is 0 Å². The third-order valence-electron chi connectivity index (χ3n) is 2.39. The molecule has 0 N–H and O–H groups in total. The fraction of sp³-hybridized carbons (Fsp3) is 0.917. The van der Waals surface area contributed by atoms with Gasteiger partial charge in [-0.3, -0.25) is 4.79 Å². The van der Waals surface area contributed by atoms with E-state index < -0.39 is 0 Å². The van der Waals surface area contributed by atoms with Gasteiger partial charge in [0.05, 0.1) is 12.5 Å². The first-order valence-corrected chi connectivity index (χ1v) is 5.89. The fourth-order valence-corrected chi connectivity index (χ4v) is 1.30. The molecular formula is C12H24O2. The van der Waals surface area contributed by atoms with Crippen LogP contribution in [0.2, 0.25) is 0 Å². The van der Waals surface area contributed by atoms with Crippen LogP contribution in [0.15, 0.2) is 0 Å². The van der Waals surface area contributed by atoms with Crippen molar-refractivity contribution in [2.75, 3.05) is 6.61 Å². The molecule has 0 radical (unpaired) electrons. The minimum atomic E-state index is -0.0189. The van der Waals surface area contributed by atoms with Gasteiger partial charge < -0.3 is 4.74 Å². The van der Waals surface area contributed by atoms with Gasteiger partial charge in [0.15, 0.2) is 0 Å². The second kappa shape index (κ2) is 9.04. The Morgan fingerprint density at radius 3 is 2.36 bits per heavy atom. The summed E-state index contributed by atoms with van der Waals surface area (Å²) in [4.78, 5) is 11.4. The number of carbonyl (C=O) groups excluding carboxylic acids is 1. The minimum absolute atomic E-state index is 0.0189. The molecule has 0 fully saturated rings. The highest BCUT2D eigenvalue weighted by Crippen LogP contribution is 2.09. The molecule has 2 nitrogen and oxygen atoms in total. The van der Waals surface area contributed by atoms with Gasteiger partial charge in [0.25, 0.3) is 0 Å². The summed E-state index contributed by atoms with van der Waals surface area (Å²) in [7, 11) is 0. The molecule has 2 heteroatoms. The molecule has 0 aromatic rings. The van der Waals surface area contributed by atoms with E-state index in [-0.39, 0.29) is 11.9 Å². The maximum atomic E-state index is 11.4. The lowest BCUT2D eigenvalue weighted by molar-refractivity contribution is -0.148. The average Bonchev–Trinajstić information content (AvgIpc) is 2.20. The van der Waals surface area contributed by atoms with Crippen molar-refractivity contribution in [3.63, 3.8) is 0 Å². The van der Waals surface area contributed by atoms with Crippen LogP contribution in [0.3, 0.4) is 0 Å². The van der Waals surface area contributed by atoms with Crippen molar-refractivity contribution < 1.29 is 9.53 Å². The molecule has 0 saturated heterocycles. The maximum absolute atomic E-state index is 11.4. The standard InChI is InChI=1S/C12H24O2/c1-4-6-8-10-14-12(13)11(3)9-7-5-2/h11H,4-10H2,1-3H3. The quantitative estimate of drug-likeness (QED) is 0.442. The Kier molecular flexibility index (Phi) is 8.70. The molecule has 1 atom stereocenters. The van der Waals surface area contributed by atoms with Crippen LogP contribution in [0.5, 0.6) is 0 Å². The van der Waals surface area contributed by atoms with Gasteiger partial charge in [0.1, 0.15) is 0 Å². The van der Waals surface area contributed by atoms with Crippen molar-refractivity contribution >= 4 is 5.97 Å². The van der Waals surface area contributed by atoms with Crippen LogP contribution in [0, 0.1) is 5.92 Å². The molecule has 0 saturated carbocycles. The van der Waals surface area contributed by atoms with Crippen LogP contribution in [0.4, 0.5) is 0 Å². The number of unbranched alkanes of at least 4 members (excludes halogenated alkanes) is 3. The lowest BCUT2D eigenvalue weighted by Gasteiger charge is -2.10. The fourth-order valence-electron chi connectivity index (χ4n) is 1.30. The van der Waals surface area contributed by atoms with E-state index in [9.17, 15) is 4.79 Å². The molecular weight excluding hydrogens is 176 g/mol. The zero-order chi connectivity index (χ0) is 10.8. The zero-order valence-electron chi connectivity index (χ0n) is 9.84. The molecule has 0 bridgehead atoms. The normalized spacial score (nSPS) is 12.5. The Labute approximate surface area is 88.0 Å². The third kappa shape index (κ3) is 6.93. The lowest BCUT2D eigenvalue weighted by atomic mass is 10.1. The predicted molar refractivity (Wildman–Crippen MR) is 59.2 cm³/mol. The molecule has 0 aliphatic rings. The molecule has 0 aliphatic carbocycles. The number of hydrogen-bond donors (Lipinski definition) is 0. The molecule has 0 aromatic carbocycles. The van der Waals surface area contributed by atoms with Gasteiger partial charge in [0, 0.05) is 0 Å². The molecule has 84 valence electrons. The number of carbonyl (C=O) groups is 1. The Bertz CT molecular complexity index is 143. The molecule has 0 amide bonds. The van der Waals surface area contributed by atoms with E-state index in [1.807, 2.05) is 6.92 Å². The van der Waals surface area contributed by atoms with E-state index in [1.165, 1.54) is 6.42 Å². The molecule has 0 heterocycles. The van der Waals surface area contributed by atoms with Crippen molar-refractivity contribution in [2.45, 2.75) is 59.3 Å². The number of rotatable bonds is 8. The molecule has 0 aliphatic heterocycles. The van der Waals surface area contributed by atoms with Crippen molar-refractivity contribution in [3.8, 4) is 0 Å². The largest absolute Gasteiger partial charge is 0.465 e. The first-order valence-electron chi connectivity index (χ1n) is 5.89. The van der Waals surface area contributed by atoms with Gasteiger partial charge in [-0.15, -0.1) is 0 Å². The van der Waals surface area contributed by atoms with Crippen molar-refractivity contribution in [3.05, 3.63) is 0 Å². The predicted octanol–water partition coefficient (Wildman–Crippen LogP) is 3.55. The zero-order valence-corrected chi connectivity index (χ0v) is 9.84. The Morgan fingerprint density at radius 2 is 1.79 bits per heavy atom. The van der Waals surface area contributed by atoms with Gasteiger partial charge in [-0.1, -0.05) is 46.5 Å². The van der Waals surface area contributed by atoms with E-state index >= 15 is 0 Å². The van der Waals surface area contributed by atoms with E-state index in [0.29, 0.717) is 6.61 Å². The molecule has 0 aromatic heterocycles. The number of ether oxygens (including phenoxy) is 1. The summed E-state index contributed by atoms with van der Waals surface area (Å²) in [6.45, 7) is 6.84. The number of esters is 1. The lowest BCUT2D eigenvalue weighted by Crippen LogP contribution is -2.15. The summed E-state index contributed by atoms with van der Waals surface area (Å²) in [6.07, 6.45) is 6.55. The Morgan fingerprint density at radius 1 is 1.14 bits per heavy atom. The second-order valence-electron chi connectivity index (χ2n) is 3.92. The second-order valence-corrected chi connectivity index (χ2v) is 3.92. The van der Waals surface area contributed by atoms with Gasteiger partial charge in [-0.05, 0) is 12.8 Å². The molecule has 0 rings (SSSR count).